The molecule has 1 saturated heterocycles. The van der Waals surface area contributed by atoms with E-state index in [1.165, 1.54) is 48.5 Å². The summed E-state index contributed by atoms with van der Waals surface area (Å²) in [5.41, 5.74) is 0.902. The number of nitrogens with zero attached hydrogens (tertiary/aromatic N) is 2. The summed E-state index contributed by atoms with van der Waals surface area (Å²) in [4.78, 5) is 67.0. The molecule has 3 aromatic carbocycles. The fraction of sp³-hybridized carbons (Fsp3) is 0.143. The number of anilines is 2. The van der Waals surface area contributed by atoms with Crippen molar-refractivity contribution in [3.8, 4) is 5.75 Å². The number of carbonyl (C=O) groups is 3. The molecule has 0 spiro atoms. The van der Waals surface area contributed by atoms with E-state index in [1.807, 2.05) is 0 Å². The van der Waals surface area contributed by atoms with Gasteiger partial charge in [0.05, 0.1) is 21.6 Å². The van der Waals surface area contributed by atoms with Crippen molar-refractivity contribution in [1.82, 2.24) is 4.98 Å². The van der Waals surface area contributed by atoms with Gasteiger partial charge in [0.25, 0.3) is 11.6 Å². The number of H-pyrrole nitrogens is 1. The summed E-state index contributed by atoms with van der Waals surface area (Å²) in [5, 5.41) is 13.3. The number of thioether (sulfide) groups is 1. The second-order valence-electron chi connectivity index (χ2n) is 9.42. The molecular formula is C28H19FN4O7S2. The van der Waals surface area contributed by atoms with Crippen molar-refractivity contribution in [2.24, 2.45) is 5.92 Å². The lowest BCUT2D eigenvalue weighted by atomic mass is 9.82. The topological polar surface area (TPSA) is 152 Å². The van der Waals surface area contributed by atoms with Crippen molar-refractivity contribution in [3.63, 3.8) is 0 Å². The van der Waals surface area contributed by atoms with E-state index in [0.29, 0.717) is 21.2 Å². The van der Waals surface area contributed by atoms with E-state index in [-0.39, 0.29) is 22.0 Å². The van der Waals surface area contributed by atoms with Crippen LogP contribution in [-0.2, 0) is 14.4 Å². The first-order valence-corrected chi connectivity index (χ1v) is 14.2. The van der Waals surface area contributed by atoms with Crippen LogP contribution in [0.25, 0.3) is 0 Å². The van der Waals surface area contributed by atoms with Gasteiger partial charge in [0.15, 0.2) is 6.61 Å². The number of non-ortho nitro benzene ring substituents is 1. The van der Waals surface area contributed by atoms with Gasteiger partial charge in [-0.25, -0.2) is 9.29 Å². The highest BCUT2D eigenvalue weighted by Crippen LogP contribution is 2.54. The van der Waals surface area contributed by atoms with Crippen LogP contribution in [0.1, 0.15) is 16.4 Å². The van der Waals surface area contributed by atoms with E-state index in [9.17, 15) is 33.7 Å². The summed E-state index contributed by atoms with van der Waals surface area (Å²) in [6.45, 7) is -0.401. The number of fused-ring (bicyclic) bond motifs is 2. The molecule has 3 heterocycles. The molecule has 14 heteroatoms. The number of carbonyl (C=O) groups excluding carboxylic acids is 3. The van der Waals surface area contributed by atoms with Crippen molar-refractivity contribution in [1.29, 1.82) is 0 Å². The van der Waals surface area contributed by atoms with Crippen LogP contribution in [0.4, 0.5) is 21.5 Å². The number of nitro benzene ring substituents is 1. The molecule has 0 bridgehead atoms. The number of nitrogens with one attached hydrogen (secondary N) is 2. The molecule has 42 heavy (non-hydrogen) atoms. The lowest BCUT2D eigenvalue weighted by Gasteiger charge is -2.30. The minimum atomic E-state index is -0.922. The fourth-order valence-corrected chi connectivity index (χ4v) is 7.58. The molecule has 4 aromatic rings. The predicted octanol–water partition coefficient (Wildman–Crippen LogP) is 4.30. The average Bonchev–Trinajstić information content (AvgIpc) is 3.47. The van der Waals surface area contributed by atoms with Crippen molar-refractivity contribution in [2.75, 3.05) is 16.8 Å². The molecule has 2 aliphatic heterocycles. The second kappa shape index (κ2) is 10.9. The van der Waals surface area contributed by atoms with Crippen LogP contribution in [-0.4, -0.2) is 39.5 Å². The molecular weight excluding hydrogens is 587 g/mol. The van der Waals surface area contributed by atoms with Gasteiger partial charge in [0.1, 0.15) is 16.8 Å². The van der Waals surface area contributed by atoms with Crippen molar-refractivity contribution >= 4 is 57.9 Å². The maximum absolute atomic E-state index is 13.9. The van der Waals surface area contributed by atoms with Crippen LogP contribution in [0.2, 0.25) is 0 Å². The van der Waals surface area contributed by atoms with Crippen LogP contribution in [0.15, 0.2) is 82.6 Å². The number of rotatable bonds is 7. The van der Waals surface area contributed by atoms with Gasteiger partial charge in [0.2, 0.25) is 11.8 Å². The summed E-state index contributed by atoms with van der Waals surface area (Å²) < 4.78 is 19.1. The van der Waals surface area contributed by atoms with Gasteiger partial charge >= 0.3 is 4.87 Å². The summed E-state index contributed by atoms with van der Waals surface area (Å²) >= 11 is 2.02. The minimum absolute atomic E-state index is 0.184. The van der Waals surface area contributed by atoms with E-state index in [1.54, 1.807) is 24.3 Å². The van der Waals surface area contributed by atoms with Gasteiger partial charge in [-0.05, 0) is 42.5 Å². The smallest absolute Gasteiger partial charge is 0.305 e. The number of halogens is 1. The molecule has 11 nitrogen and oxygen atoms in total. The summed E-state index contributed by atoms with van der Waals surface area (Å²) in [7, 11) is 0. The van der Waals surface area contributed by atoms with Crippen LogP contribution in [0.5, 0.6) is 5.75 Å². The van der Waals surface area contributed by atoms with E-state index in [0.717, 1.165) is 28.0 Å². The lowest BCUT2D eigenvalue weighted by molar-refractivity contribution is -0.384. The highest BCUT2D eigenvalue weighted by atomic mass is 32.2. The van der Waals surface area contributed by atoms with E-state index >= 15 is 0 Å². The predicted molar refractivity (Wildman–Crippen MR) is 152 cm³/mol. The zero-order chi connectivity index (χ0) is 29.5. The lowest BCUT2D eigenvalue weighted by Crippen LogP contribution is -2.32. The summed E-state index contributed by atoms with van der Waals surface area (Å²) in [6, 6.07) is 17.1. The third kappa shape index (κ3) is 4.94. The maximum Gasteiger partial charge on any atom is 0.305 e. The molecule has 6 rings (SSSR count). The Morgan fingerprint density at radius 3 is 2.45 bits per heavy atom. The van der Waals surface area contributed by atoms with Gasteiger partial charge in [-0.2, -0.15) is 0 Å². The number of hydrogen-bond donors (Lipinski definition) is 2. The maximum atomic E-state index is 13.9. The SMILES string of the molecule is O=C(COc1ccccc1[C@@H]1c2sc(=O)[nH]c2S[C@H]2C(=O)N(c3ccc([N+](=O)[O-])cc3)C(=O)[C@@H]12)Nc1ccc(F)cc1. The summed E-state index contributed by atoms with van der Waals surface area (Å²) in [5.74, 6) is -3.38. The number of aromatic amines is 1. The molecule has 2 aliphatic rings. The number of aromatic nitrogens is 1. The molecule has 0 aliphatic carbocycles. The normalized spacial score (nSPS) is 19.3. The third-order valence-corrected chi connectivity index (χ3v) is 9.28. The Morgan fingerprint density at radius 1 is 1.02 bits per heavy atom. The summed E-state index contributed by atoms with van der Waals surface area (Å²) in [6.07, 6.45) is 0. The van der Waals surface area contributed by atoms with E-state index in [2.05, 4.69) is 10.3 Å². The Labute approximate surface area is 244 Å². The Hall–Kier alpha value is -4.82. The highest BCUT2D eigenvalue weighted by Gasteiger charge is 2.56. The largest absolute Gasteiger partial charge is 0.483 e. The van der Waals surface area contributed by atoms with Gasteiger partial charge < -0.3 is 15.0 Å². The first-order chi connectivity index (χ1) is 20.2. The van der Waals surface area contributed by atoms with Crippen LogP contribution in [0.3, 0.4) is 0 Å². The number of imide groups is 1. The zero-order valence-electron chi connectivity index (χ0n) is 21.3. The van der Waals surface area contributed by atoms with Crippen molar-refractivity contribution in [3.05, 3.63) is 109 Å². The first-order valence-electron chi connectivity index (χ1n) is 12.5. The molecule has 3 atom stereocenters. The van der Waals surface area contributed by atoms with E-state index < -0.39 is 52.2 Å². The van der Waals surface area contributed by atoms with Crippen molar-refractivity contribution < 1.29 is 28.4 Å². The monoisotopic (exact) mass is 606 g/mol. The molecule has 3 amide bonds. The number of amides is 3. The molecule has 212 valence electrons. The van der Waals surface area contributed by atoms with Gasteiger partial charge in [-0.3, -0.25) is 29.3 Å². The number of nitro groups is 1. The highest BCUT2D eigenvalue weighted by molar-refractivity contribution is 8.00. The Balaban J connectivity index is 1.33. The number of hydrogen-bond acceptors (Lipinski definition) is 9. The Bertz CT molecular complexity index is 1790. The minimum Gasteiger partial charge on any atom is -0.483 e. The van der Waals surface area contributed by atoms with Crippen LogP contribution in [0, 0.1) is 21.8 Å². The molecule has 2 N–H and O–H groups in total. The number of para-hydroxylation sites is 1. The molecule has 1 fully saturated rings. The molecule has 0 unspecified atom stereocenters. The van der Waals surface area contributed by atoms with E-state index in [4.69, 9.17) is 4.74 Å². The number of thiazole rings is 1. The molecule has 0 radical (unpaired) electrons. The second-order valence-corrected chi connectivity index (χ2v) is 11.6. The van der Waals surface area contributed by atoms with Gasteiger partial charge in [0, 0.05) is 34.2 Å². The molecule has 1 aromatic heterocycles. The van der Waals surface area contributed by atoms with Crippen molar-refractivity contribution in [2.45, 2.75) is 16.2 Å². The molecule has 0 saturated carbocycles. The quantitative estimate of drug-likeness (QED) is 0.180. The Morgan fingerprint density at radius 2 is 1.74 bits per heavy atom. The Kier molecular flexibility index (Phi) is 7.08. The standard InChI is InChI=1S/C28H19FN4O7S2/c29-14-5-7-15(8-6-14)30-20(34)13-40-19-4-2-1-3-18(19)21-22-24(41-25-23(21)42-28(37)31-25)27(36)32(26(22)35)16-9-11-17(12-10-16)33(38)39/h1-12,21-22,24H,13H2,(H,30,34)(H,31,37)/t21-,22-,24+/m0/s1. The van der Waals surface area contributed by atoms with Gasteiger partial charge in [-0.1, -0.05) is 41.3 Å². The third-order valence-electron chi connectivity index (χ3n) is 6.88. The first kappa shape index (κ1) is 27.4. The van der Waals surface area contributed by atoms with Crippen LogP contribution < -0.4 is 19.8 Å². The fourth-order valence-electron chi connectivity index (χ4n) is 5.07. The number of ether oxygens (including phenoxy) is 1. The number of benzene rings is 3. The average molecular weight is 607 g/mol. The zero-order valence-corrected chi connectivity index (χ0v) is 22.9. The van der Waals surface area contributed by atoms with Gasteiger partial charge in [-0.15, -0.1) is 0 Å². The van der Waals surface area contributed by atoms with Crippen LogP contribution >= 0.6 is 23.1 Å².